The fourth-order valence-corrected chi connectivity index (χ4v) is 1.64. The van der Waals surface area contributed by atoms with Crippen LogP contribution in [-0.2, 0) is 6.42 Å². The monoisotopic (exact) mass is 224 g/mol. The Morgan fingerprint density at radius 3 is 2.56 bits per heavy atom. The van der Waals surface area contributed by atoms with E-state index in [0.717, 1.165) is 18.4 Å². The maximum absolute atomic E-state index is 12.9. The summed E-state index contributed by atoms with van der Waals surface area (Å²) in [5.74, 6) is -0.236. The van der Waals surface area contributed by atoms with Crippen molar-refractivity contribution >= 4 is 0 Å². The third-order valence-corrected chi connectivity index (χ3v) is 2.59. The molecule has 1 rings (SSSR count). The highest BCUT2D eigenvalue weighted by Gasteiger charge is 2.13. The first-order valence-corrected chi connectivity index (χ1v) is 5.79. The smallest absolute Gasteiger partial charge is 0.123 e. The van der Waals surface area contributed by atoms with Crippen molar-refractivity contribution in [1.82, 2.24) is 0 Å². The number of hydrogen-bond donors (Lipinski definition) is 1. The van der Waals surface area contributed by atoms with Gasteiger partial charge >= 0.3 is 0 Å². The SMILES string of the molecule is CC(C)(C)CCC(O)Cc1cccc(F)c1. The van der Waals surface area contributed by atoms with E-state index in [-0.39, 0.29) is 17.3 Å². The van der Waals surface area contributed by atoms with Crippen LogP contribution in [0.1, 0.15) is 39.2 Å². The van der Waals surface area contributed by atoms with Gasteiger partial charge in [-0.3, -0.25) is 0 Å². The first-order valence-electron chi connectivity index (χ1n) is 5.79. The third kappa shape index (κ3) is 5.26. The molecular formula is C14H21FO. The second-order valence-electron chi connectivity index (χ2n) is 5.59. The molecule has 1 unspecified atom stereocenters. The maximum atomic E-state index is 12.9. The maximum Gasteiger partial charge on any atom is 0.123 e. The molecular weight excluding hydrogens is 203 g/mol. The summed E-state index contributed by atoms with van der Waals surface area (Å²) in [5, 5.41) is 9.83. The molecule has 0 spiro atoms. The number of hydrogen-bond acceptors (Lipinski definition) is 1. The summed E-state index contributed by atoms with van der Waals surface area (Å²) in [4.78, 5) is 0. The van der Waals surface area contributed by atoms with Crippen molar-refractivity contribution in [2.24, 2.45) is 5.41 Å². The van der Waals surface area contributed by atoms with Crippen LogP contribution in [0.25, 0.3) is 0 Å². The van der Waals surface area contributed by atoms with Crippen molar-refractivity contribution < 1.29 is 9.50 Å². The molecule has 2 heteroatoms. The molecule has 0 amide bonds. The Bertz CT molecular complexity index is 328. The van der Waals surface area contributed by atoms with E-state index in [1.807, 2.05) is 6.07 Å². The van der Waals surface area contributed by atoms with Gasteiger partial charge in [-0.15, -0.1) is 0 Å². The largest absolute Gasteiger partial charge is 0.393 e. The highest BCUT2D eigenvalue weighted by molar-refractivity contribution is 5.16. The molecule has 1 nitrogen and oxygen atoms in total. The summed E-state index contributed by atoms with van der Waals surface area (Å²) in [6, 6.07) is 6.44. The highest BCUT2D eigenvalue weighted by atomic mass is 19.1. The summed E-state index contributed by atoms with van der Waals surface area (Å²) in [7, 11) is 0. The average Bonchev–Trinajstić information content (AvgIpc) is 2.14. The average molecular weight is 224 g/mol. The molecule has 0 bridgehead atoms. The van der Waals surface area contributed by atoms with E-state index in [9.17, 15) is 9.50 Å². The van der Waals surface area contributed by atoms with Gasteiger partial charge in [-0.2, -0.15) is 0 Å². The van der Waals surface area contributed by atoms with E-state index in [2.05, 4.69) is 20.8 Å². The van der Waals surface area contributed by atoms with Crippen molar-refractivity contribution in [2.75, 3.05) is 0 Å². The van der Waals surface area contributed by atoms with E-state index in [0.29, 0.717) is 6.42 Å². The van der Waals surface area contributed by atoms with Crippen LogP contribution in [0.3, 0.4) is 0 Å². The Morgan fingerprint density at radius 2 is 2.00 bits per heavy atom. The lowest BCUT2D eigenvalue weighted by Crippen LogP contribution is -2.15. The Labute approximate surface area is 97.3 Å². The number of rotatable bonds is 4. The molecule has 16 heavy (non-hydrogen) atoms. The molecule has 1 aromatic carbocycles. The van der Waals surface area contributed by atoms with Gasteiger partial charge in [0.2, 0.25) is 0 Å². The molecule has 0 aliphatic carbocycles. The number of aliphatic hydroxyl groups is 1. The molecule has 0 aromatic heterocycles. The van der Waals surface area contributed by atoms with Crippen LogP contribution in [0.15, 0.2) is 24.3 Å². The Hall–Kier alpha value is -0.890. The Balaban J connectivity index is 2.43. The molecule has 0 saturated heterocycles. The number of benzene rings is 1. The van der Waals surface area contributed by atoms with Gasteiger partial charge in [-0.1, -0.05) is 32.9 Å². The molecule has 0 saturated carbocycles. The summed E-state index contributed by atoms with van der Waals surface area (Å²) >= 11 is 0. The quantitative estimate of drug-likeness (QED) is 0.829. The highest BCUT2D eigenvalue weighted by Crippen LogP contribution is 2.22. The van der Waals surface area contributed by atoms with Crippen molar-refractivity contribution in [3.05, 3.63) is 35.6 Å². The first kappa shape index (κ1) is 13.2. The zero-order valence-corrected chi connectivity index (χ0v) is 10.3. The van der Waals surface area contributed by atoms with Gasteiger partial charge in [0, 0.05) is 0 Å². The first-order chi connectivity index (χ1) is 7.37. The summed E-state index contributed by atoms with van der Waals surface area (Å²) in [6.45, 7) is 6.46. The second-order valence-corrected chi connectivity index (χ2v) is 5.59. The molecule has 90 valence electrons. The van der Waals surface area contributed by atoms with Crippen molar-refractivity contribution in [2.45, 2.75) is 46.1 Å². The lowest BCUT2D eigenvalue weighted by molar-refractivity contribution is 0.146. The molecule has 0 heterocycles. The third-order valence-electron chi connectivity index (χ3n) is 2.59. The fraction of sp³-hybridized carbons (Fsp3) is 0.571. The van der Waals surface area contributed by atoms with E-state index in [1.54, 1.807) is 6.07 Å². The van der Waals surface area contributed by atoms with Gasteiger partial charge in [0.25, 0.3) is 0 Å². The van der Waals surface area contributed by atoms with Gasteiger partial charge in [-0.05, 0) is 42.4 Å². The van der Waals surface area contributed by atoms with Gasteiger partial charge in [0.05, 0.1) is 6.10 Å². The van der Waals surface area contributed by atoms with Crippen LogP contribution in [0.5, 0.6) is 0 Å². The molecule has 1 atom stereocenters. The predicted octanol–water partition coefficient (Wildman–Crippen LogP) is 3.56. The second kappa shape index (κ2) is 5.44. The number of halogens is 1. The zero-order chi connectivity index (χ0) is 12.2. The van der Waals surface area contributed by atoms with Crippen LogP contribution in [0.4, 0.5) is 4.39 Å². The standard InChI is InChI=1S/C14H21FO/c1-14(2,3)8-7-13(16)10-11-5-4-6-12(15)9-11/h4-6,9,13,16H,7-8,10H2,1-3H3. The van der Waals surface area contributed by atoms with Crippen molar-refractivity contribution in [3.63, 3.8) is 0 Å². The molecule has 1 N–H and O–H groups in total. The van der Waals surface area contributed by atoms with Crippen LogP contribution in [-0.4, -0.2) is 11.2 Å². The molecule has 0 fully saturated rings. The lowest BCUT2D eigenvalue weighted by Gasteiger charge is -2.20. The lowest BCUT2D eigenvalue weighted by atomic mass is 9.88. The molecule has 1 aromatic rings. The van der Waals surface area contributed by atoms with Crippen molar-refractivity contribution in [3.8, 4) is 0 Å². The van der Waals surface area contributed by atoms with Crippen LogP contribution < -0.4 is 0 Å². The van der Waals surface area contributed by atoms with E-state index in [1.165, 1.54) is 12.1 Å². The zero-order valence-electron chi connectivity index (χ0n) is 10.3. The van der Waals surface area contributed by atoms with Crippen LogP contribution in [0, 0.1) is 11.2 Å². The summed E-state index contributed by atoms with van der Waals surface area (Å²) in [6.07, 6.45) is 1.90. The summed E-state index contributed by atoms with van der Waals surface area (Å²) < 4.78 is 12.9. The minimum atomic E-state index is -0.374. The van der Waals surface area contributed by atoms with Gasteiger partial charge in [0.1, 0.15) is 5.82 Å². The topological polar surface area (TPSA) is 20.2 Å². The van der Waals surface area contributed by atoms with Crippen LogP contribution >= 0.6 is 0 Å². The van der Waals surface area contributed by atoms with Gasteiger partial charge in [-0.25, -0.2) is 4.39 Å². The minimum Gasteiger partial charge on any atom is -0.393 e. The van der Waals surface area contributed by atoms with Gasteiger partial charge in [0.15, 0.2) is 0 Å². The van der Waals surface area contributed by atoms with E-state index < -0.39 is 0 Å². The number of aliphatic hydroxyl groups excluding tert-OH is 1. The Kier molecular flexibility index (Phi) is 4.48. The fourth-order valence-electron chi connectivity index (χ4n) is 1.64. The Morgan fingerprint density at radius 1 is 1.31 bits per heavy atom. The normalized spacial score (nSPS) is 13.8. The molecule has 0 aliphatic rings. The molecule has 0 radical (unpaired) electrons. The van der Waals surface area contributed by atoms with E-state index >= 15 is 0 Å². The van der Waals surface area contributed by atoms with E-state index in [4.69, 9.17) is 0 Å². The van der Waals surface area contributed by atoms with Crippen LogP contribution in [0.2, 0.25) is 0 Å². The molecule has 0 aliphatic heterocycles. The minimum absolute atomic E-state index is 0.236. The van der Waals surface area contributed by atoms with Gasteiger partial charge < -0.3 is 5.11 Å². The predicted molar refractivity (Wildman–Crippen MR) is 64.8 cm³/mol. The summed E-state index contributed by atoms with van der Waals surface area (Å²) in [5.41, 5.74) is 1.10. The van der Waals surface area contributed by atoms with Crippen molar-refractivity contribution in [1.29, 1.82) is 0 Å².